The molecule has 0 saturated carbocycles. The molecule has 1 fully saturated rings. The van der Waals surface area contributed by atoms with Gasteiger partial charge >= 0.3 is 0 Å². The second-order valence-corrected chi connectivity index (χ2v) is 5.62. The van der Waals surface area contributed by atoms with Gasteiger partial charge < -0.3 is 10.3 Å². The van der Waals surface area contributed by atoms with Crippen molar-refractivity contribution >= 4 is 28.8 Å². The number of imide groups is 1. The van der Waals surface area contributed by atoms with Crippen molar-refractivity contribution in [2.45, 2.75) is 32.2 Å². The van der Waals surface area contributed by atoms with Gasteiger partial charge in [-0.2, -0.15) is 0 Å². The summed E-state index contributed by atoms with van der Waals surface area (Å²) in [5.41, 5.74) is 1.76. The lowest BCUT2D eigenvalue weighted by Gasteiger charge is -2.15. The normalized spacial score (nSPS) is 16.1. The van der Waals surface area contributed by atoms with Gasteiger partial charge in [-0.1, -0.05) is 12.1 Å². The van der Waals surface area contributed by atoms with Gasteiger partial charge in [-0.25, -0.2) is 4.98 Å². The van der Waals surface area contributed by atoms with Crippen LogP contribution in [0.1, 0.15) is 38.1 Å². The van der Waals surface area contributed by atoms with Crippen LogP contribution < -0.4 is 5.32 Å². The lowest BCUT2D eigenvalue weighted by Crippen LogP contribution is -2.35. The van der Waals surface area contributed by atoms with Crippen molar-refractivity contribution in [1.29, 1.82) is 0 Å². The highest BCUT2D eigenvalue weighted by molar-refractivity contribution is 6.02. The fourth-order valence-electron chi connectivity index (χ4n) is 2.65. The van der Waals surface area contributed by atoms with Crippen LogP contribution in [0.15, 0.2) is 24.3 Å². The average molecular weight is 314 g/mol. The highest BCUT2D eigenvalue weighted by Crippen LogP contribution is 2.16. The summed E-state index contributed by atoms with van der Waals surface area (Å²) in [6, 6.07) is 7.36. The van der Waals surface area contributed by atoms with Crippen LogP contribution in [-0.2, 0) is 14.4 Å². The van der Waals surface area contributed by atoms with E-state index in [1.165, 1.54) is 0 Å². The van der Waals surface area contributed by atoms with Crippen LogP contribution in [0.5, 0.6) is 0 Å². The molecule has 1 aliphatic heterocycles. The number of rotatable bonds is 5. The Bertz CT molecular complexity index is 719. The first-order chi connectivity index (χ1) is 11.0. The maximum atomic E-state index is 12.0. The lowest BCUT2D eigenvalue weighted by molar-refractivity contribution is -0.138. The van der Waals surface area contributed by atoms with Crippen molar-refractivity contribution in [3.05, 3.63) is 30.1 Å². The van der Waals surface area contributed by atoms with E-state index >= 15 is 0 Å². The van der Waals surface area contributed by atoms with Crippen LogP contribution in [0, 0.1) is 0 Å². The van der Waals surface area contributed by atoms with Gasteiger partial charge in [0.05, 0.1) is 17.1 Å². The molecule has 23 heavy (non-hydrogen) atoms. The number of nitrogens with one attached hydrogen (secondary N) is 2. The van der Waals surface area contributed by atoms with Crippen LogP contribution in [-0.4, -0.2) is 39.1 Å². The van der Waals surface area contributed by atoms with E-state index in [1.54, 1.807) is 0 Å². The van der Waals surface area contributed by atoms with Crippen LogP contribution in [0.4, 0.5) is 0 Å². The SMILES string of the molecule is CC(NC(=O)CCN1C(=O)CCC1=O)c1nc2ccccc2[nH]1. The molecule has 7 heteroatoms. The molecule has 2 aromatic rings. The molecule has 1 aromatic heterocycles. The summed E-state index contributed by atoms with van der Waals surface area (Å²) in [4.78, 5) is 43.8. The molecular weight excluding hydrogens is 296 g/mol. The molecule has 2 heterocycles. The summed E-state index contributed by atoms with van der Waals surface area (Å²) in [6.07, 6.45) is 0.591. The number of aromatic nitrogens is 2. The number of amides is 3. The number of fused-ring (bicyclic) bond motifs is 1. The second-order valence-electron chi connectivity index (χ2n) is 5.62. The number of carbonyl (C=O) groups is 3. The molecule has 1 atom stereocenters. The highest BCUT2D eigenvalue weighted by atomic mass is 16.2. The van der Waals surface area contributed by atoms with Gasteiger partial charge in [0.2, 0.25) is 17.7 Å². The van der Waals surface area contributed by atoms with Crippen LogP contribution in [0.2, 0.25) is 0 Å². The molecule has 3 amide bonds. The predicted octanol–water partition coefficient (Wildman–Crippen LogP) is 1.28. The topological polar surface area (TPSA) is 95.2 Å². The van der Waals surface area contributed by atoms with Gasteiger partial charge in [0.1, 0.15) is 5.82 Å². The van der Waals surface area contributed by atoms with E-state index in [1.807, 2.05) is 31.2 Å². The molecule has 0 bridgehead atoms. The molecular formula is C16H18N4O3. The van der Waals surface area contributed by atoms with Gasteiger partial charge in [0, 0.05) is 25.8 Å². The van der Waals surface area contributed by atoms with E-state index in [0.29, 0.717) is 5.82 Å². The number of aromatic amines is 1. The number of likely N-dealkylation sites (tertiary alicyclic amines) is 1. The molecule has 0 aliphatic carbocycles. The molecule has 1 unspecified atom stereocenters. The quantitative estimate of drug-likeness (QED) is 0.813. The second kappa shape index (κ2) is 6.20. The van der Waals surface area contributed by atoms with E-state index in [4.69, 9.17) is 0 Å². The maximum Gasteiger partial charge on any atom is 0.229 e. The molecule has 0 spiro atoms. The number of para-hydroxylation sites is 2. The minimum Gasteiger partial charge on any atom is -0.346 e. The van der Waals surface area contributed by atoms with E-state index in [0.717, 1.165) is 15.9 Å². The molecule has 0 radical (unpaired) electrons. The first-order valence-corrected chi connectivity index (χ1v) is 7.62. The summed E-state index contributed by atoms with van der Waals surface area (Å²) in [5, 5.41) is 2.83. The van der Waals surface area contributed by atoms with Crippen molar-refractivity contribution in [2.75, 3.05) is 6.54 Å². The Hall–Kier alpha value is -2.70. The van der Waals surface area contributed by atoms with E-state index in [-0.39, 0.29) is 49.6 Å². The van der Waals surface area contributed by atoms with Gasteiger partial charge in [0.25, 0.3) is 0 Å². The first-order valence-electron chi connectivity index (χ1n) is 7.62. The highest BCUT2D eigenvalue weighted by Gasteiger charge is 2.29. The molecule has 1 aromatic carbocycles. The standard InChI is InChI=1S/C16H18N4O3/c1-10(16-18-11-4-2-3-5-12(11)19-16)17-13(21)8-9-20-14(22)6-7-15(20)23/h2-5,10H,6-9H2,1H3,(H,17,21)(H,18,19). The van der Waals surface area contributed by atoms with Crippen molar-refractivity contribution in [2.24, 2.45) is 0 Å². The van der Waals surface area contributed by atoms with E-state index < -0.39 is 0 Å². The maximum absolute atomic E-state index is 12.0. The average Bonchev–Trinajstić information content (AvgIpc) is 3.09. The summed E-state index contributed by atoms with van der Waals surface area (Å²) in [5.74, 6) is 0.0552. The molecule has 7 nitrogen and oxygen atoms in total. The minimum atomic E-state index is -0.278. The van der Waals surface area contributed by atoms with E-state index in [9.17, 15) is 14.4 Å². The number of nitrogens with zero attached hydrogens (tertiary/aromatic N) is 2. The van der Waals surface area contributed by atoms with Crippen LogP contribution in [0.25, 0.3) is 11.0 Å². The Balaban J connectivity index is 1.56. The molecule has 120 valence electrons. The number of H-pyrrole nitrogens is 1. The largest absolute Gasteiger partial charge is 0.346 e. The Labute approximate surface area is 133 Å². The van der Waals surface area contributed by atoms with Crippen LogP contribution in [0.3, 0.4) is 0 Å². The fraction of sp³-hybridized carbons (Fsp3) is 0.375. The third-order valence-corrected chi connectivity index (χ3v) is 3.91. The number of hydrogen-bond acceptors (Lipinski definition) is 4. The van der Waals surface area contributed by atoms with Crippen molar-refractivity contribution in [3.8, 4) is 0 Å². The molecule has 3 rings (SSSR count). The zero-order valence-electron chi connectivity index (χ0n) is 12.8. The third kappa shape index (κ3) is 3.23. The van der Waals surface area contributed by atoms with Gasteiger partial charge in [0.15, 0.2) is 0 Å². The number of carbonyl (C=O) groups excluding carboxylic acids is 3. The van der Waals surface area contributed by atoms with Gasteiger partial charge in [-0.15, -0.1) is 0 Å². The Kier molecular flexibility index (Phi) is 4.10. The summed E-state index contributed by atoms with van der Waals surface area (Å²) >= 11 is 0. The zero-order valence-corrected chi connectivity index (χ0v) is 12.8. The number of imidazole rings is 1. The number of benzene rings is 1. The molecule has 1 aliphatic rings. The fourth-order valence-corrected chi connectivity index (χ4v) is 2.65. The summed E-state index contributed by atoms with van der Waals surface area (Å²) in [7, 11) is 0. The Morgan fingerprint density at radius 3 is 2.70 bits per heavy atom. The van der Waals surface area contributed by atoms with Crippen LogP contribution >= 0.6 is 0 Å². The monoisotopic (exact) mass is 314 g/mol. The zero-order chi connectivity index (χ0) is 16.4. The molecule has 2 N–H and O–H groups in total. The third-order valence-electron chi connectivity index (χ3n) is 3.91. The van der Waals surface area contributed by atoms with E-state index in [2.05, 4.69) is 15.3 Å². The number of hydrogen-bond donors (Lipinski definition) is 2. The Morgan fingerprint density at radius 1 is 1.30 bits per heavy atom. The van der Waals surface area contributed by atoms with Crippen molar-refractivity contribution in [3.63, 3.8) is 0 Å². The first kappa shape index (κ1) is 15.2. The summed E-state index contributed by atoms with van der Waals surface area (Å²) in [6.45, 7) is 1.97. The van der Waals surface area contributed by atoms with Crippen molar-refractivity contribution < 1.29 is 14.4 Å². The smallest absolute Gasteiger partial charge is 0.229 e. The van der Waals surface area contributed by atoms with Crippen molar-refractivity contribution in [1.82, 2.24) is 20.2 Å². The summed E-state index contributed by atoms with van der Waals surface area (Å²) < 4.78 is 0. The lowest BCUT2D eigenvalue weighted by atomic mass is 10.3. The molecule has 1 saturated heterocycles. The van der Waals surface area contributed by atoms with Gasteiger partial charge in [-0.3, -0.25) is 19.3 Å². The van der Waals surface area contributed by atoms with Gasteiger partial charge in [-0.05, 0) is 19.1 Å². The Morgan fingerprint density at radius 2 is 2.00 bits per heavy atom. The minimum absolute atomic E-state index is 0.0993. The predicted molar refractivity (Wildman–Crippen MR) is 83.2 cm³/mol.